The number of nitro groups is 1. The molecule has 0 spiro atoms. The highest BCUT2D eigenvalue weighted by atomic mass is 35.5. The van der Waals surface area contributed by atoms with Crippen molar-refractivity contribution >= 4 is 29.0 Å². The number of carbonyl (C=O) groups excluding carboxylic acids is 1. The summed E-state index contributed by atoms with van der Waals surface area (Å²) in [5, 5.41) is 20.3. The number of ketones is 1. The van der Waals surface area contributed by atoms with Crippen LogP contribution in [0, 0.1) is 15.5 Å². The van der Waals surface area contributed by atoms with E-state index in [2.05, 4.69) is 15.4 Å². The van der Waals surface area contributed by atoms with Gasteiger partial charge in [0, 0.05) is 34.3 Å². The lowest BCUT2D eigenvalue weighted by Gasteiger charge is -2.38. The second-order valence-corrected chi connectivity index (χ2v) is 9.33. The molecule has 0 saturated carbocycles. The van der Waals surface area contributed by atoms with Crippen LogP contribution in [0.3, 0.4) is 0 Å². The Bertz CT molecular complexity index is 1310. The van der Waals surface area contributed by atoms with Crippen molar-refractivity contribution in [2.75, 3.05) is 5.32 Å². The van der Waals surface area contributed by atoms with Gasteiger partial charge in [-0.1, -0.05) is 49.7 Å². The number of nitrogens with one attached hydrogen (secondary N) is 1. The van der Waals surface area contributed by atoms with Gasteiger partial charge in [-0.05, 0) is 30.0 Å². The van der Waals surface area contributed by atoms with Crippen LogP contribution in [0.15, 0.2) is 59.8 Å². The first-order chi connectivity index (χ1) is 15.2. The Morgan fingerprint density at radius 1 is 1.19 bits per heavy atom. The first kappa shape index (κ1) is 20.4. The van der Waals surface area contributed by atoms with E-state index in [1.165, 1.54) is 6.07 Å². The van der Waals surface area contributed by atoms with Crippen molar-refractivity contribution < 1.29 is 9.72 Å². The third kappa shape index (κ3) is 3.36. The molecule has 5 rings (SSSR count). The van der Waals surface area contributed by atoms with Crippen molar-refractivity contribution in [3.05, 3.63) is 80.5 Å². The average molecular weight is 450 g/mol. The van der Waals surface area contributed by atoms with Gasteiger partial charge < -0.3 is 5.32 Å². The van der Waals surface area contributed by atoms with Crippen molar-refractivity contribution in [2.45, 2.75) is 32.7 Å². The van der Waals surface area contributed by atoms with Crippen LogP contribution in [0.2, 0.25) is 5.02 Å². The Morgan fingerprint density at radius 2 is 1.97 bits per heavy atom. The zero-order chi connectivity index (χ0) is 22.6. The van der Waals surface area contributed by atoms with E-state index in [4.69, 9.17) is 11.6 Å². The SMILES string of the molecule is CC1(C)CC(=O)C2=C(C1)Nc1nc(-c3cccc(Cl)c3)nn1C2c1ccccc1[N+](=O)[O-]. The minimum Gasteiger partial charge on any atom is -0.328 e. The van der Waals surface area contributed by atoms with Crippen LogP contribution in [-0.4, -0.2) is 25.5 Å². The summed E-state index contributed by atoms with van der Waals surface area (Å²) < 4.78 is 1.58. The molecule has 0 fully saturated rings. The molecule has 0 radical (unpaired) electrons. The molecule has 1 N–H and O–H groups in total. The van der Waals surface area contributed by atoms with E-state index in [1.807, 2.05) is 19.9 Å². The summed E-state index contributed by atoms with van der Waals surface area (Å²) in [7, 11) is 0. The molecule has 2 heterocycles. The van der Waals surface area contributed by atoms with E-state index in [-0.39, 0.29) is 16.9 Å². The van der Waals surface area contributed by atoms with Gasteiger partial charge in [-0.15, -0.1) is 5.10 Å². The topological polar surface area (TPSA) is 103 Å². The molecule has 0 bridgehead atoms. The zero-order valence-corrected chi connectivity index (χ0v) is 18.3. The number of carbonyl (C=O) groups is 1. The maximum absolute atomic E-state index is 13.3. The van der Waals surface area contributed by atoms with Crippen LogP contribution in [0.5, 0.6) is 0 Å². The maximum atomic E-state index is 13.3. The second kappa shape index (κ2) is 7.27. The van der Waals surface area contributed by atoms with Crippen molar-refractivity contribution in [3.63, 3.8) is 0 Å². The normalized spacial score (nSPS) is 19.2. The molecule has 32 heavy (non-hydrogen) atoms. The van der Waals surface area contributed by atoms with Gasteiger partial charge >= 0.3 is 0 Å². The number of nitrogens with zero attached hydrogens (tertiary/aromatic N) is 4. The number of hydrogen-bond donors (Lipinski definition) is 1. The van der Waals surface area contributed by atoms with Crippen LogP contribution < -0.4 is 5.32 Å². The largest absolute Gasteiger partial charge is 0.328 e. The number of benzene rings is 2. The number of aromatic nitrogens is 3. The van der Waals surface area contributed by atoms with E-state index >= 15 is 0 Å². The Labute approximate surface area is 189 Å². The molecular formula is C23H20ClN5O3. The zero-order valence-electron chi connectivity index (χ0n) is 17.5. The molecule has 1 aliphatic carbocycles. The molecule has 2 aromatic carbocycles. The standard InChI is InChI=1S/C23H20ClN5O3/c1-23(2)11-16-19(18(30)12-23)20(15-8-3-4-9-17(15)29(31)32)28-22(25-16)26-21(27-28)13-6-5-7-14(24)10-13/h3-10,20H,11-12H2,1-2H3,(H,25,26,27). The van der Waals surface area contributed by atoms with Gasteiger partial charge in [0.05, 0.1) is 10.5 Å². The summed E-state index contributed by atoms with van der Waals surface area (Å²) in [5.74, 6) is 0.815. The number of halogens is 1. The quantitative estimate of drug-likeness (QED) is 0.437. The van der Waals surface area contributed by atoms with Crippen LogP contribution in [0.4, 0.5) is 11.6 Å². The van der Waals surface area contributed by atoms with Crippen LogP contribution in [0.25, 0.3) is 11.4 Å². The smallest absolute Gasteiger partial charge is 0.275 e. The number of fused-ring (bicyclic) bond motifs is 1. The van der Waals surface area contributed by atoms with E-state index in [1.54, 1.807) is 41.1 Å². The third-order valence-corrected chi connectivity index (χ3v) is 6.08. The molecule has 8 nitrogen and oxygen atoms in total. The molecule has 162 valence electrons. The lowest BCUT2D eigenvalue weighted by Crippen LogP contribution is -2.36. The fourth-order valence-electron chi connectivity index (χ4n) is 4.53. The van der Waals surface area contributed by atoms with Crippen LogP contribution >= 0.6 is 11.6 Å². The Kier molecular flexibility index (Phi) is 4.63. The lowest BCUT2D eigenvalue weighted by atomic mass is 9.73. The summed E-state index contributed by atoms with van der Waals surface area (Å²) in [6.45, 7) is 4.07. The summed E-state index contributed by atoms with van der Waals surface area (Å²) >= 11 is 6.15. The minimum atomic E-state index is -0.744. The first-order valence-electron chi connectivity index (χ1n) is 10.2. The number of nitro benzene ring substituents is 1. The summed E-state index contributed by atoms with van der Waals surface area (Å²) in [5.41, 5.74) is 2.08. The molecule has 2 aliphatic rings. The fourth-order valence-corrected chi connectivity index (χ4v) is 4.72. The van der Waals surface area contributed by atoms with Gasteiger partial charge in [-0.2, -0.15) is 4.98 Å². The highest BCUT2D eigenvalue weighted by Crippen LogP contribution is 2.47. The van der Waals surface area contributed by atoms with E-state index in [0.717, 1.165) is 5.70 Å². The Morgan fingerprint density at radius 3 is 2.72 bits per heavy atom. The number of anilines is 1. The van der Waals surface area contributed by atoms with Crippen molar-refractivity contribution in [3.8, 4) is 11.4 Å². The minimum absolute atomic E-state index is 0.0441. The third-order valence-electron chi connectivity index (χ3n) is 5.84. The highest BCUT2D eigenvalue weighted by molar-refractivity contribution is 6.30. The van der Waals surface area contributed by atoms with Gasteiger partial charge in [-0.3, -0.25) is 14.9 Å². The van der Waals surface area contributed by atoms with Crippen molar-refractivity contribution in [2.24, 2.45) is 5.41 Å². The molecule has 0 saturated heterocycles. The summed E-state index contributed by atoms with van der Waals surface area (Å²) in [6, 6.07) is 12.9. The Hall–Kier alpha value is -3.52. The van der Waals surface area contributed by atoms with Crippen LogP contribution in [0.1, 0.15) is 38.3 Å². The molecule has 1 atom stereocenters. The summed E-state index contributed by atoms with van der Waals surface area (Å²) in [6.07, 6.45) is 0.986. The maximum Gasteiger partial charge on any atom is 0.275 e. The number of allylic oxidation sites excluding steroid dienone is 2. The van der Waals surface area contributed by atoms with E-state index in [0.29, 0.717) is 46.3 Å². The number of hydrogen-bond acceptors (Lipinski definition) is 6. The van der Waals surface area contributed by atoms with Gasteiger partial charge in [0.2, 0.25) is 5.95 Å². The predicted molar refractivity (Wildman–Crippen MR) is 120 cm³/mol. The lowest BCUT2D eigenvalue weighted by molar-refractivity contribution is -0.385. The number of para-hydroxylation sites is 1. The van der Waals surface area contributed by atoms with E-state index in [9.17, 15) is 14.9 Å². The second-order valence-electron chi connectivity index (χ2n) is 8.89. The Balaban J connectivity index is 1.74. The van der Waals surface area contributed by atoms with Crippen molar-refractivity contribution in [1.29, 1.82) is 0 Å². The summed E-state index contributed by atoms with van der Waals surface area (Å²) in [4.78, 5) is 29.3. The number of Topliss-reactive ketones (excluding diaryl/α,β-unsaturated/α-hetero) is 1. The van der Waals surface area contributed by atoms with Gasteiger partial charge in [0.1, 0.15) is 6.04 Å². The first-order valence-corrected chi connectivity index (χ1v) is 10.6. The van der Waals surface area contributed by atoms with Gasteiger partial charge in [0.25, 0.3) is 5.69 Å². The van der Waals surface area contributed by atoms with E-state index < -0.39 is 11.0 Å². The highest BCUT2D eigenvalue weighted by Gasteiger charge is 2.43. The van der Waals surface area contributed by atoms with Crippen molar-refractivity contribution in [1.82, 2.24) is 14.8 Å². The monoisotopic (exact) mass is 449 g/mol. The molecule has 1 aliphatic heterocycles. The molecule has 1 aromatic heterocycles. The van der Waals surface area contributed by atoms with Crippen LogP contribution in [-0.2, 0) is 4.79 Å². The van der Waals surface area contributed by atoms with Gasteiger partial charge in [-0.25, -0.2) is 4.68 Å². The molecule has 3 aromatic rings. The molecule has 1 unspecified atom stereocenters. The fraction of sp³-hybridized carbons (Fsp3) is 0.261. The molecule has 9 heteroatoms. The average Bonchev–Trinajstić information content (AvgIpc) is 3.15. The predicted octanol–water partition coefficient (Wildman–Crippen LogP) is 5.16. The molecular weight excluding hydrogens is 430 g/mol. The number of rotatable bonds is 3. The van der Waals surface area contributed by atoms with Gasteiger partial charge in [0.15, 0.2) is 11.6 Å². The molecule has 0 amide bonds.